The first-order chi connectivity index (χ1) is 7.04. The molecule has 1 unspecified atom stereocenters. The third-order valence-electron chi connectivity index (χ3n) is 2.26. The van der Waals surface area contributed by atoms with Crippen LogP contribution in [0.5, 0.6) is 0 Å². The summed E-state index contributed by atoms with van der Waals surface area (Å²) < 4.78 is 0. The second-order valence-electron chi connectivity index (χ2n) is 3.52. The number of thioether (sulfide) groups is 1. The van der Waals surface area contributed by atoms with E-state index in [1.165, 1.54) is 0 Å². The van der Waals surface area contributed by atoms with Crippen molar-refractivity contribution in [2.24, 2.45) is 5.92 Å². The van der Waals surface area contributed by atoms with Gasteiger partial charge in [-0.05, 0) is 30.4 Å². The van der Waals surface area contributed by atoms with Crippen molar-refractivity contribution in [2.45, 2.75) is 18.2 Å². The predicted octanol–water partition coefficient (Wildman–Crippen LogP) is 2.25. The monoisotopic (exact) mass is 225 g/mol. The summed E-state index contributed by atoms with van der Waals surface area (Å²) in [5, 5.41) is 8.78. The lowest BCUT2D eigenvalue weighted by Gasteiger charge is -2.08. The molecule has 0 saturated carbocycles. The van der Waals surface area contributed by atoms with E-state index in [0.717, 1.165) is 16.1 Å². The lowest BCUT2D eigenvalue weighted by atomic mass is 10.0. The number of hydrogen-bond donors (Lipinski definition) is 2. The number of hydrogen-bond acceptors (Lipinski definition) is 3. The van der Waals surface area contributed by atoms with Gasteiger partial charge in [-0.3, -0.25) is 4.79 Å². The zero-order chi connectivity index (χ0) is 11.4. The molecule has 0 fully saturated rings. The van der Waals surface area contributed by atoms with Crippen LogP contribution < -0.4 is 5.73 Å². The summed E-state index contributed by atoms with van der Waals surface area (Å²) in [6, 6.07) is 5.72. The van der Waals surface area contributed by atoms with E-state index in [0.29, 0.717) is 6.42 Å². The van der Waals surface area contributed by atoms with Crippen LogP contribution in [0.4, 0.5) is 5.69 Å². The van der Waals surface area contributed by atoms with Crippen LogP contribution in [0.25, 0.3) is 0 Å². The van der Waals surface area contributed by atoms with Gasteiger partial charge in [0.1, 0.15) is 0 Å². The van der Waals surface area contributed by atoms with Crippen LogP contribution in [0.1, 0.15) is 12.5 Å². The van der Waals surface area contributed by atoms with Gasteiger partial charge in [0.25, 0.3) is 0 Å². The van der Waals surface area contributed by atoms with E-state index >= 15 is 0 Å². The van der Waals surface area contributed by atoms with E-state index in [1.807, 2.05) is 24.5 Å². The third kappa shape index (κ3) is 3.16. The maximum atomic E-state index is 10.7. The molecule has 0 amide bonds. The molecule has 3 nitrogen and oxygen atoms in total. The second-order valence-corrected chi connectivity index (χ2v) is 4.37. The smallest absolute Gasteiger partial charge is 0.306 e. The Labute approximate surface area is 93.7 Å². The fraction of sp³-hybridized carbons (Fsp3) is 0.364. The number of carboxylic acid groups (broad SMARTS) is 1. The molecule has 0 saturated heterocycles. The van der Waals surface area contributed by atoms with Gasteiger partial charge in [0.15, 0.2) is 0 Å². The van der Waals surface area contributed by atoms with E-state index < -0.39 is 5.97 Å². The summed E-state index contributed by atoms with van der Waals surface area (Å²) in [4.78, 5) is 11.7. The standard InChI is InChI=1S/C11H15NO2S/c1-7(11(13)14)5-8-3-4-10(15-2)9(12)6-8/h3-4,6-7H,5,12H2,1-2H3,(H,13,14). The topological polar surface area (TPSA) is 63.3 Å². The average molecular weight is 225 g/mol. The molecule has 3 N–H and O–H groups in total. The Kier molecular flexibility index (Phi) is 4.03. The largest absolute Gasteiger partial charge is 0.481 e. The Morgan fingerprint density at radius 1 is 1.60 bits per heavy atom. The molecule has 0 aliphatic rings. The SMILES string of the molecule is CSc1ccc(CC(C)C(=O)O)cc1N. The molecular formula is C11H15NO2S. The molecule has 82 valence electrons. The Bertz CT molecular complexity index is 366. The molecule has 1 rings (SSSR count). The molecule has 0 spiro atoms. The van der Waals surface area contributed by atoms with Gasteiger partial charge in [-0.2, -0.15) is 0 Å². The molecule has 0 aromatic heterocycles. The number of anilines is 1. The molecule has 0 aliphatic heterocycles. The maximum absolute atomic E-state index is 10.7. The van der Waals surface area contributed by atoms with Crippen LogP contribution in [-0.4, -0.2) is 17.3 Å². The quantitative estimate of drug-likeness (QED) is 0.609. The van der Waals surface area contributed by atoms with Crippen molar-refractivity contribution in [3.8, 4) is 0 Å². The van der Waals surface area contributed by atoms with Gasteiger partial charge < -0.3 is 10.8 Å². The van der Waals surface area contributed by atoms with Crippen LogP contribution in [0.3, 0.4) is 0 Å². The number of nitrogen functional groups attached to an aromatic ring is 1. The van der Waals surface area contributed by atoms with E-state index in [-0.39, 0.29) is 5.92 Å². The minimum atomic E-state index is -0.775. The summed E-state index contributed by atoms with van der Waals surface area (Å²) in [6.45, 7) is 1.70. The highest BCUT2D eigenvalue weighted by Gasteiger charge is 2.12. The van der Waals surface area contributed by atoms with Crippen molar-refractivity contribution in [3.05, 3.63) is 23.8 Å². The fourth-order valence-corrected chi connectivity index (χ4v) is 1.85. The summed E-state index contributed by atoms with van der Waals surface area (Å²) in [5.74, 6) is -1.15. The highest BCUT2D eigenvalue weighted by atomic mass is 32.2. The molecule has 0 heterocycles. The zero-order valence-electron chi connectivity index (χ0n) is 8.86. The molecule has 1 aromatic carbocycles. The third-order valence-corrected chi connectivity index (χ3v) is 3.07. The normalized spacial score (nSPS) is 12.4. The molecule has 15 heavy (non-hydrogen) atoms. The number of carbonyl (C=O) groups is 1. The number of aliphatic carboxylic acids is 1. The Morgan fingerprint density at radius 3 is 2.73 bits per heavy atom. The molecule has 0 aliphatic carbocycles. The minimum Gasteiger partial charge on any atom is -0.481 e. The van der Waals surface area contributed by atoms with Crippen LogP contribution in [0.2, 0.25) is 0 Å². The number of rotatable bonds is 4. The average Bonchev–Trinajstić information content (AvgIpc) is 2.18. The van der Waals surface area contributed by atoms with E-state index in [2.05, 4.69) is 0 Å². The van der Waals surface area contributed by atoms with Crippen LogP contribution in [0.15, 0.2) is 23.1 Å². The summed E-state index contributed by atoms with van der Waals surface area (Å²) in [7, 11) is 0. The van der Waals surface area contributed by atoms with E-state index in [4.69, 9.17) is 10.8 Å². The van der Waals surface area contributed by atoms with Gasteiger partial charge in [-0.1, -0.05) is 13.0 Å². The summed E-state index contributed by atoms with van der Waals surface area (Å²) in [5.41, 5.74) is 7.51. The number of benzene rings is 1. The van der Waals surface area contributed by atoms with Gasteiger partial charge >= 0.3 is 5.97 Å². The highest BCUT2D eigenvalue weighted by molar-refractivity contribution is 7.98. The Balaban J connectivity index is 2.79. The predicted molar refractivity (Wildman–Crippen MR) is 63.1 cm³/mol. The van der Waals surface area contributed by atoms with Gasteiger partial charge in [0.05, 0.1) is 5.92 Å². The minimum absolute atomic E-state index is 0.371. The molecule has 4 heteroatoms. The number of carboxylic acids is 1. The molecular weight excluding hydrogens is 210 g/mol. The number of nitrogens with two attached hydrogens (primary N) is 1. The van der Waals surface area contributed by atoms with Crippen molar-refractivity contribution in [1.82, 2.24) is 0 Å². The Morgan fingerprint density at radius 2 is 2.27 bits per heavy atom. The van der Waals surface area contributed by atoms with Crippen molar-refractivity contribution >= 4 is 23.4 Å². The van der Waals surface area contributed by atoms with E-state index in [1.54, 1.807) is 18.7 Å². The second kappa shape index (κ2) is 5.07. The van der Waals surface area contributed by atoms with Gasteiger partial charge in [-0.15, -0.1) is 11.8 Å². The van der Waals surface area contributed by atoms with Crippen molar-refractivity contribution in [3.63, 3.8) is 0 Å². The first-order valence-corrected chi connectivity index (χ1v) is 5.92. The summed E-state index contributed by atoms with van der Waals surface area (Å²) >= 11 is 1.59. The first-order valence-electron chi connectivity index (χ1n) is 4.69. The summed E-state index contributed by atoms with van der Waals surface area (Å²) in [6.07, 6.45) is 2.49. The first kappa shape index (κ1) is 11.9. The van der Waals surface area contributed by atoms with Crippen molar-refractivity contribution in [2.75, 3.05) is 12.0 Å². The van der Waals surface area contributed by atoms with Gasteiger partial charge in [-0.25, -0.2) is 0 Å². The van der Waals surface area contributed by atoms with Gasteiger partial charge in [0.2, 0.25) is 0 Å². The van der Waals surface area contributed by atoms with E-state index in [9.17, 15) is 4.79 Å². The molecule has 1 aromatic rings. The fourth-order valence-electron chi connectivity index (χ4n) is 1.35. The molecule has 0 radical (unpaired) electrons. The maximum Gasteiger partial charge on any atom is 0.306 e. The molecule has 0 bridgehead atoms. The highest BCUT2D eigenvalue weighted by Crippen LogP contribution is 2.24. The lowest BCUT2D eigenvalue weighted by molar-refractivity contribution is -0.141. The zero-order valence-corrected chi connectivity index (χ0v) is 9.67. The van der Waals surface area contributed by atoms with Crippen LogP contribution in [0, 0.1) is 5.92 Å². The van der Waals surface area contributed by atoms with Crippen LogP contribution >= 0.6 is 11.8 Å². The van der Waals surface area contributed by atoms with Gasteiger partial charge in [0, 0.05) is 10.6 Å². The Hall–Kier alpha value is -1.16. The van der Waals surface area contributed by atoms with Crippen molar-refractivity contribution < 1.29 is 9.90 Å². The van der Waals surface area contributed by atoms with Crippen LogP contribution in [-0.2, 0) is 11.2 Å². The lowest BCUT2D eigenvalue weighted by Crippen LogP contribution is -2.12. The molecule has 1 atom stereocenters. The van der Waals surface area contributed by atoms with Crippen molar-refractivity contribution in [1.29, 1.82) is 0 Å².